The molecule has 0 atom stereocenters. The number of aromatic hydroxyl groups is 1. The maximum absolute atomic E-state index is 13.0. The topological polar surface area (TPSA) is 32.3 Å². The molecule has 94 valence electrons. The van der Waals surface area contributed by atoms with Gasteiger partial charge in [-0.05, 0) is 46.3 Å². The Morgan fingerprint density at radius 3 is 2.83 bits per heavy atom. The van der Waals surface area contributed by atoms with Gasteiger partial charge < -0.3 is 10.4 Å². The van der Waals surface area contributed by atoms with Crippen LogP contribution < -0.4 is 5.32 Å². The summed E-state index contributed by atoms with van der Waals surface area (Å²) in [7, 11) is 0. The highest BCUT2D eigenvalue weighted by Crippen LogP contribution is 2.30. The van der Waals surface area contributed by atoms with Crippen molar-refractivity contribution in [2.75, 3.05) is 5.32 Å². The lowest BCUT2D eigenvalue weighted by molar-refractivity contribution is 0.466. The van der Waals surface area contributed by atoms with Crippen LogP contribution in [0.1, 0.15) is 5.56 Å². The molecule has 2 nitrogen and oxygen atoms in total. The Kier molecular flexibility index (Phi) is 4.09. The van der Waals surface area contributed by atoms with E-state index in [2.05, 4.69) is 21.2 Å². The first-order valence-electron chi connectivity index (χ1n) is 5.23. The minimum Gasteiger partial charge on any atom is -0.508 e. The standard InChI is InChI=1S/C13H10BrClFNO/c14-13-10(15)2-1-3-11(13)17-7-8-6-9(16)4-5-12(8)18/h1-6,17-18H,7H2. The molecule has 0 amide bonds. The lowest BCUT2D eigenvalue weighted by atomic mass is 10.2. The fraction of sp³-hybridized carbons (Fsp3) is 0.0769. The van der Waals surface area contributed by atoms with E-state index in [4.69, 9.17) is 11.6 Å². The first-order chi connectivity index (χ1) is 8.58. The van der Waals surface area contributed by atoms with Crippen LogP contribution in [0.2, 0.25) is 5.02 Å². The van der Waals surface area contributed by atoms with Crippen molar-refractivity contribution in [2.24, 2.45) is 0 Å². The van der Waals surface area contributed by atoms with Gasteiger partial charge in [0.15, 0.2) is 0 Å². The van der Waals surface area contributed by atoms with E-state index in [9.17, 15) is 9.50 Å². The fourth-order valence-corrected chi connectivity index (χ4v) is 2.11. The summed E-state index contributed by atoms with van der Waals surface area (Å²) < 4.78 is 13.8. The summed E-state index contributed by atoms with van der Waals surface area (Å²) in [5, 5.41) is 13.3. The average molecular weight is 331 g/mol. The monoisotopic (exact) mass is 329 g/mol. The zero-order chi connectivity index (χ0) is 13.1. The molecule has 2 aromatic rings. The largest absolute Gasteiger partial charge is 0.508 e. The molecule has 0 bridgehead atoms. The zero-order valence-corrected chi connectivity index (χ0v) is 11.6. The number of rotatable bonds is 3. The molecule has 0 aromatic heterocycles. The van der Waals surface area contributed by atoms with E-state index >= 15 is 0 Å². The second kappa shape index (κ2) is 5.59. The van der Waals surface area contributed by atoms with Crippen molar-refractivity contribution >= 4 is 33.2 Å². The van der Waals surface area contributed by atoms with Crippen LogP contribution in [0.25, 0.3) is 0 Å². The van der Waals surface area contributed by atoms with E-state index in [1.807, 2.05) is 6.07 Å². The maximum atomic E-state index is 13.0. The molecule has 2 N–H and O–H groups in total. The molecule has 0 heterocycles. The van der Waals surface area contributed by atoms with E-state index in [0.29, 0.717) is 17.1 Å². The predicted molar refractivity (Wildman–Crippen MR) is 74.5 cm³/mol. The van der Waals surface area contributed by atoms with Gasteiger partial charge in [-0.3, -0.25) is 0 Å². The highest BCUT2D eigenvalue weighted by molar-refractivity contribution is 9.10. The highest BCUT2D eigenvalue weighted by atomic mass is 79.9. The predicted octanol–water partition coefficient (Wildman–Crippen LogP) is 4.56. The third-order valence-corrected chi connectivity index (χ3v) is 3.86. The number of halogens is 3. The molecule has 0 saturated carbocycles. The third kappa shape index (κ3) is 2.94. The van der Waals surface area contributed by atoms with Crippen LogP contribution in [0.4, 0.5) is 10.1 Å². The summed E-state index contributed by atoms with van der Waals surface area (Å²) in [5.74, 6) is -0.322. The van der Waals surface area contributed by atoms with E-state index in [-0.39, 0.29) is 11.6 Å². The van der Waals surface area contributed by atoms with Crippen molar-refractivity contribution in [3.8, 4) is 5.75 Å². The molecule has 0 aliphatic heterocycles. The molecular formula is C13H10BrClFNO. The van der Waals surface area contributed by atoms with Crippen LogP contribution in [0.3, 0.4) is 0 Å². The maximum Gasteiger partial charge on any atom is 0.123 e. The number of anilines is 1. The molecule has 0 unspecified atom stereocenters. The normalized spacial score (nSPS) is 10.4. The Labute approximate surface area is 118 Å². The van der Waals surface area contributed by atoms with Gasteiger partial charge in [0.2, 0.25) is 0 Å². The van der Waals surface area contributed by atoms with Crippen LogP contribution in [-0.2, 0) is 6.54 Å². The molecule has 0 fully saturated rings. The van der Waals surface area contributed by atoms with Crippen molar-refractivity contribution in [3.05, 3.63) is 57.3 Å². The Hall–Kier alpha value is -1.26. The van der Waals surface area contributed by atoms with Gasteiger partial charge in [-0.1, -0.05) is 17.7 Å². The summed E-state index contributed by atoms with van der Waals surface area (Å²) in [6, 6.07) is 9.25. The molecule has 0 aliphatic rings. The summed E-state index contributed by atoms with van der Waals surface area (Å²) >= 11 is 9.31. The first kappa shape index (κ1) is 13.2. The number of phenolic OH excluding ortho intramolecular Hbond substituents is 1. The van der Waals surface area contributed by atoms with Crippen LogP contribution in [0.15, 0.2) is 40.9 Å². The van der Waals surface area contributed by atoms with Crippen molar-refractivity contribution in [1.29, 1.82) is 0 Å². The quantitative estimate of drug-likeness (QED) is 0.864. The molecule has 0 saturated heterocycles. The van der Waals surface area contributed by atoms with E-state index in [1.165, 1.54) is 18.2 Å². The third-order valence-electron chi connectivity index (χ3n) is 2.46. The number of benzene rings is 2. The Balaban J connectivity index is 2.16. The van der Waals surface area contributed by atoms with E-state index in [0.717, 1.165) is 10.2 Å². The molecule has 5 heteroatoms. The van der Waals surface area contributed by atoms with Crippen molar-refractivity contribution in [2.45, 2.75) is 6.54 Å². The Bertz CT molecular complexity index is 575. The molecule has 0 radical (unpaired) electrons. The number of nitrogens with one attached hydrogen (secondary N) is 1. The average Bonchev–Trinajstić information content (AvgIpc) is 2.35. The molecule has 0 aliphatic carbocycles. The van der Waals surface area contributed by atoms with Gasteiger partial charge in [-0.15, -0.1) is 0 Å². The van der Waals surface area contributed by atoms with Gasteiger partial charge >= 0.3 is 0 Å². The van der Waals surface area contributed by atoms with Crippen LogP contribution in [0, 0.1) is 5.82 Å². The van der Waals surface area contributed by atoms with Gasteiger partial charge in [0.25, 0.3) is 0 Å². The van der Waals surface area contributed by atoms with E-state index in [1.54, 1.807) is 12.1 Å². The van der Waals surface area contributed by atoms with Gasteiger partial charge in [-0.2, -0.15) is 0 Å². The van der Waals surface area contributed by atoms with Crippen LogP contribution >= 0.6 is 27.5 Å². The molecular weight excluding hydrogens is 321 g/mol. The van der Waals surface area contributed by atoms with Crippen LogP contribution in [-0.4, -0.2) is 5.11 Å². The summed E-state index contributed by atoms with van der Waals surface area (Å²) in [6.07, 6.45) is 0. The summed E-state index contributed by atoms with van der Waals surface area (Å²) in [6.45, 7) is 0.308. The Morgan fingerprint density at radius 2 is 2.06 bits per heavy atom. The molecule has 2 rings (SSSR count). The minimum atomic E-state index is -0.380. The zero-order valence-electron chi connectivity index (χ0n) is 9.25. The van der Waals surface area contributed by atoms with E-state index < -0.39 is 0 Å². The smallest absolute Gasteiger partial charge is 0.123 e. The highest BCUT2D eigenvalue weighted by Gasteiger charge is 2.06. The van der Waals surface area contributed by atoms with Gasteiger partial charge in [0, 0.05) is 12.1 Å². The van der Waals surface area contributed by atoms with Gasteiger partial charge in [0.1, 0.15) is 11.6 Å². The van der Waals surface area contributed by atoms with Gasteiger partial charge in [-0.25, -0.2) is 4.39 Å². The van der Waals surface area contributed by atoms with Crippen molar-refractivity contribution in [1.82, 2.24) is 0 Å². The second-order valence-corrected chi connectivity index (χ2v) is 4.93. The summed E-state index contributed by atoms with van der Waals surface area (Å²) in [4.78, 5) is 0. The number of hydrogen-bond acceptors (Lipinski definition) is 2. The SMILES string of the molecule is Oc1ccc(F)cc1CNc1cccc(Cl)c1Br. The van der Waals surface area contributed by atoms with Crippen molar-refractivity contribution in [3.63, 3.8) is 0 Å². The van der Waals surface area contributed by atoms with Crippen LogP contribution in [0.5, 0.6) is 5.75 Å². The Morgan fingerprint density at radius 1 is 1.28 bits per heavy atom. The molecule has 0 spiro atoms. The molecule has 18 heavy (non-hydrogen) atoms. The lowest BCUT2D eigenvalue weighted by Gasteiger charge is -2.10. The summed E-state index contributed by atoms with van der Waals surface area (Å²) in [5.41, 5.74) is 1.27. The first-order valence-corrected chi connectivity index (χ1v) is 6.40. The second-order valence-electron chi connectivity index (χ2n) is 3.73. The van der Waals surface area contributed by atoms with Crippen molar-refractivity contribution < 1.29 is 9.50 Å². The number of hydrogen-bond donors (Lipinski definition) is 2. The molecule has 2 aromatic carbocycles. The fourth-order valence-electron chi connectivity index (χ4n) is 1.53. The number of phenols is 1. The minimum absolute atomic E-state index is 0.0575. The lowest BCUT2D eigenvalue weighted by Crippen LogP contribution is -2.01. The van der Waals surface area contributed by atoms with Gasteiger partial charge in [0.05, 0.1) is 15.2 Å².